The van der Waals surface area contributed by atoms with Crippen molar-refractivity contribution in [3.63, 3.8) is 0 Å². The zero-order chi connectivity index (χ0) is 17.5. The van der Waals surface area contributed by atoms with Gasteiger partial charge in [-0.25, -0.2) is 4.79 Å². The van der Waals surface area contributed by atoms with Crippen molar-refractivity contribution in [3.05, 3.63) is 83.3 Å². The summed E-state index contributed by atoms with van der Waals surface area (Å²) in [6, 6.07) is 23.6. The van der Waals surface area contributed by atoms with Gasteiger partial charge in [-0.2, -0.15) is 0 Å². The minimum atomic E-state index is -0.475. The number of benzene rings is 3. The van der Waals surface area contributed by atoms with Crippen LogP contribution in [0.3, 0.4) is 0 Å². The lowest BCUT2D eigenvalue weighted by atomic mass is 10.3. The van der Waals surface area contributed by atoms with Crippen molar-refractivity contribution in [1.82, 2.24) is 0 Å². The normalized spacial score (nSPS) is 10.1. The predicted octanol–water partition coefficient (Wildman–Crippen LogP) is 5.23. The number of carbonyl (C=O) groups is 1. The second-order valence-electron chi connectivity index (χ2n) is 5.11. The molecular formula is C20H15BrO4. The molecule has 0 unspecified atom stereocenters. The lowest BCUT2D eigenvalue weighted by Crippen LogP contribution is -2.17. The SMILES string of the molecule is O=C(COc1cccc(Br)c1)Oc1ccc(Oc2ccccc2)cc1. The Hall–Kier alpha value is -2.79. The summed E-state index contributed by atoms with van der Waals surface area (Å²) in [6.45, 7) is -0.168. The van der Waals surface area contributed by atoms with Crippen LogP contribution in [-0.4, -0.2) is 12.6 Å². The minimum absolute atomic E-state index is 0.168. The first-order valence-corrected chi connectivity index (χ1v) is 8.40. The van der Waals surface area contributed by atoms with E-state index in [-0.39, 0.29) is 6.61 Å². The van der Waals surface area contributed by atoms with Crippen molar-refractivity contribution in [1.29, 1.82) is 0 Å². The number of ether oxygens (including phenoxy) is 3. The van der Waals surface area contributed by atoms with Crippen molar-refractivity contribution in [2.24, 2.45) is 0 Å². The largest absolute Gasteiger partial charge is 0.482 e. The van der Waals surface area contributed by atoms with Crippen LogP contribution in [0.4, 0.5) is 0 Å². The molecule has 0 spiro atoms. The fraction of sp³-hybridized carbons (Fsp3) is 0.0500. The number of hydrogen-bond acceptors (Lipinski definition) is 4. The summed E-state index contributed by atoms with van der Waals surface area (Å²) in [6.07, 6.45) is 0. The van der Waals surface area contributed by atoms with E-state index in [9.17, 15) is 4.79 Å². The molecule has 0 aromatic heterocycles. The van der Waals surface area contributed by atoms with Gasteiger partial charge in [-0.05, 0) is 54.6 Å². The highest BCUT2D eigenvalue weighted by Crippen LogP contribution is 2.23. The average Bonchev–Trinajstić information content (AvgIpc) is 2.63. The number of para-hydroxylation sites is 1. The van der Waals surface area contributed by atoms with Gasteiger partial charge in [-0.3, -0.25) is 0 Å². The van der Waals surface area contributed by atoms with E-state index in [1.165, 1.54) is 0 Å². The van der Waals surface area contributed by atoms with E-state index in [1.54, 1.807) is 36.4 Å². The molecule has 0 aliphatic carbocycles. The van der Waals surface area contributed by atoms with Crippen molar-refractivity contribution >= 4 is 21.9 Å². The molecule has 0 amide bonds. The molecule has 3 aromatic carbocycles. The Morgan fingerprint density at radius 2 is 1.40 bits per heavy atom. The standard InChI is InChI=1S/C20H15BrO4/c21-15-5-4-8-19(13-15)23-14-20(22)25-18-11-9-17(10-12-18)24-16-6-2-1-3-7-16/h1-13H,14H2. The third kappa shape index (κ3) is 5.36. The van der Waals surface area contributed by atoms with Crippen LogP contribution < -0.4 is 14.2 Å². The maximum atomic E-state index is 11.9. The second kappa shape index (κ2) is 8.35. The minimum Gasteiger partial charge on any atom is -0.482 e. The van der Waals surface area contributed by atoms with Crippen LogP contribution in [0.25, 0.3) is 0 Å². The molecule has 0 aliphatic heterocycles. The third-order valence-corrected chi connectivity index (χ3v) is 3.68. The lowest BCUT2D eigenvalue weighted by Gasteiger charge is -2.08. The van der Waals surface area contributed by atoms with Gasteiger partial charge in [0.25, 0.3) is 0 Å². The molecule has 0 fully saturated rings. The zero-order valence-corrected chi connectivity index (χ0v) is 14.8. The number of carbonyl (C=O) groups excluding carboxylic acids is 1. The molecule has 0 bridgehead atoms. The van der Waals surface area contributed by atoms with Gasteiger partial charge >= 0.3 is 5.97 Å². The first-order chi connectivity index (χ1) is 12.2. The van der Waals surface area contributed by atoms with Crippen molar-refractivity contribution < 1.29 is 19.0 Å². The fourth-order valence-electron chi connectivity index (χ4n) is 2.06. The Labute approximate surface area is 154 Å². The number of rotatable bonds is 6. The van der Waals surface area contributed by atoms with Crippen LogP contribution >= 0.6 is 15.9 Å². The van der Waals surface area contributed by atoms with E-state index in [0.29, 0.717) is 17.2 Å². The summed E-state index contributed by atoms with van der Waals surface area (Å²) in [5.41, 5.74) is 0. The monoisotopic (exact) mass is 398 g/mol. The molecule has 3 aromatic rings. The topological polar surface area (TPSA) is 44.8 Å². The zero-order valence-electron chi connectivity index (χ0n) is 13.2. The summed E-state index contributed by atoms with van der Waals surface area (Å²) in [5, 5.41) is 0. The molecule has 3 rings (SSSR count). The smallest absolute Gasteiger partial charge is 0.349 e. The number of esters is 1. The molecule has 0 saturated heterocycles. The highest BCUT2D eigenvalue weighted by molar-refractivity contribution is 9.10. The van der Waals surface area contributed by atoms with Gasteiger partial charge in [0, 0.05) is 4.47 Å². The average molecular weight is 399 g/mol. The van der Waals surface area contributed by atoms with Crippen LogP contribution in [0.2, 0.25) is 0 Å². The summed E-state index contributed by atoms with van der Waals surface area (Å²) in [5.74, 6) is 1.96. The maximum absolute atomic E-state index is 11.9. The Balaban J connectivity index is 1.51. The van der Waals surface area contributed by atoms with Crippen LogP contribution in [0, 0.1) is 0 Å². The van der Waals surface area contributed by atoms with Crippen LogP contribution in [-0.2, 0) is 4.79 Å². The molecule has 0 heterocycles. The van der Waals surface area contributed by atoms with Crippen molar-refractivity contribution in [2.45, 2.75) is 0 Å². The van der Waals surface area contributed by atoms with Crippen molar-refractivity contribution in [3.8, 4) is 23.0 Å². The van der Waals surface area contributed by atoms with Gasteiger partial charge < -0.3 is 14.2 Å². The van der Waals surface area contributed by atoms with Gasteiger partial charge in [-0.15, -0.1) is 0 Å². The Morgan fingerprint density at radius 3 is 2.12 bits per heavy atom. The molecule has 0 radical (unpaired) electrons. The third-order valence-electron chi connectivity index (χ3n) is 3.19. The van der Waals surface area contributed by atoms with Gasteiger partial charge in [-0.1, -0.05) is 40.2 Å². The lowest BCUT2D eigenvalue weighted by molar-refractivity contribution is -0.136. The molecule has 126 valence electrons. The van der Waals surface area contributed by atoms with Crippen LogP contribution in [0.1, 0.15) is 0 Å². The van der Waals surface area contributed by atoms with E-state index < -0.39 is 5.97 Å². The predicted molar refractivity (Wildman–Crippen MR) is 98.2 cm³/mol. The molecule has 0 saturated carbocycles. The Kier molecular flexibility index (Phi) is 5.69. The highest BCUT2D eigenvalue weighted by Gasteiger charge is 2.07. The molecule has 0 aliphatic rings. The molecule has 25 heavy (non-hydrogen) atoms. The summed E-state index contributed by atoms with van der Waals surface area (Å²) >= 11 is 3.35. The molecular weight excluding hydrogens is 384 g/mol. The quantitative estimate of drug-likeness (QED) is 0.421. The first-order valence-electron chi connectivity index (χ1n) is 7.61. The van der Waals surface area contributed by atoms with Gasteiger partial charge in [0.2, 0.25) is 0 Å². The van der Waals surface area contributed by atoms with Crippen LogP contribution in [0.15, 0.2) is 83.3 Å². The number of hydrogen-bond donors (Lipinski definition) is 0. The van der Waals surface area contributed by atoms with E-state index in [0.717, 1.165) is 10.2 Å². The Bertz CT molecular complexity index is 832. The Morgan fingerprint density at radius 1 is 0.760 bits per heavy atom. The fourth-order valence-corrected chi connectivity index (χ4v) is 2.44. The van der Waals surface area contributed by atoms with Crippen LogP contribution in [0.5, 0.6) is 23.0 Å². The molecule has 5 heteroatoms. The molecule has 0 N–H and O–H groups in total. The second-order valence-corrected chi connectivity index (χ2v) is 6.02. The van der Waals surface area contributed by atoms with Gasteiger partial charge in [0.15, 0.2) is 6.61 Å². The van der Waals surface area contributed by atoms with E-state index in [1.807, 2.05) is 42.5 Å². The highest BCUT2D eigenvalue weighted by atomic mass is 79.9. The first kappa shape index (κ1) is 17.0. The van der Waals surface area contributed by atoms with E-state index >= 15 is 0 Å². The summed E-state index contributed by atoms with van der Waals surface area (Å²) < 4.78 is 17.2. The van der Waals surface area contributed by atoms with E-state index in [4.69, 9.17) is 14.2 Å². The summed E-state index contributed by atoms with van der Waals surface area (Å²) in [7, 11) is 0. The molecule has 0 atom stereocenters. The van der Waals surface area contributed by atoms with Gasteiger partial charge in [0.1, 0.15) is 23.0 Å². The number of halogens is 1. The molecule has 4 nitrogen and oxygen atoms in total. The maximum Gasteiger partial charge on any atom is 0.349 e. The van der Waals surface area contributed by atoms with Crippen molar-refractivity contribution in [2.75, 3.05) is 6.61 Å². The van der Waals surface area contributed by atoms with E-state index in [2.05, 4.69) is 15.9 Å². The van der Waals surface area contributed by atoms with Gasteiger partial charge in [0.05, 0.1) is 0 Å². The summed E-state index contributed by atoms with van der Waals surface area (Å²) in [4.78, 5) is 11.9.